The van der Waals surface area contributed by atoms with Crippen molar-refractivity contribution in [2.45, 2.75) is 40.7 Å². The number of hydrogen-bond acceptors (Lipinski definition) is 4. The van der Waals surface area contributed by atoms with Crippen molar-refractivity contribution in [1.29, 1.82) is 0 Å². The first kappa shape index (κ1) is 15.2. The molecule has 0 radical (unpaired) electrons. The average molecular weight is 268 g/mol. The molecule has 2 amide bonds. The largest absolute Gasteiger partial charge is 0.463 e. The van der Waals surface area contributed by atoms with Gasteiger partial charge < -0.3 is 9.73 Å². The molecule has 1 rings (SSSR count). The van der Waals surface area contributed by atoms with Crippen LogP contribution in [0.4, 0.5) is 0 Å². The summed E-state index contributed by atoms with van der Waals surface area (Å²) in [6.45, 7) is 8.82. The fraction of sp³-hybridized carbons (Fsp3) is 0.538. The summed E-state index contributed by atoms with van der Waals surface area (Å²) in [5, 5.41) is 11.4. The third kappa shape index (κ3) is 3.57. The van der Waals surface area contributed by atoms with Crippen molar-refractivity contribution in [2.24, 2.45) is 5.41 Å². The van der Waals surface area contributed by atoms with Gasteiger partial charge in [0.2, 0.25) is 5.91 Å². The molecule has 0 saturated carbocycles. The van der Waals surface area contributed by atoms with Gasteiger partial charge in [0, 0.05) is 5.41 Å². The van der Waals surface area contributed by atoms with E-state index in [2.05, 4.69) is 5.32 Å². The summed E-state index contributed by atoms with van der Waals surface area (Å²) in [5.41, 5.74) is 1.30. The minimum Gasteiger partial charge on any atom is -0.463 e. The predicted molar refractivity (Wildman–Crippen MR) is 68.7 cm³/mol. The van der Waals surface area contributed by atoms with E-state index < -0.39 is 11.3 Å². The maximum atomic E-state index is 11.9. The van der Waals surface area contributed by atoms with Gasteiger partial charge in [-0.15, -0.1) is 0 Å². The predicted octanol–water partition coefficient (Wildman–Crippen LogP) is 1.93. The van der Waals surface area contributed by atoms with Gasteiger partial charge in [0.1, 0.15) is 11.5 Å². The lowest BCUT2D eigenvalue weighted by Gasteiger charge is -2.20. The van der Waals surface area contributed by atoms with E-state index in [9.17, 15) is 9.59 Å². The zero-order valence-corrected chi connectivity index (χ0v) is 11.8. The van der Waals surface area contributed by atoms with E-state index in [1.54, 1.807) is 19.3 Å². The molecule has 6 nitrogen and oxygen atoms in total. The number of rotatable bonds is 3. The highest BCUT2D eigenvalue weighted by Crippen LogP contribution is 2.22. The third-order valence-corrected chi connectivity index (χ3v) is 2.74. The molecule has 0 aliphatic heterocycles. The molecule has 3 N–H and O–H groups in total. The first-order chi connectivity index (χ1) is 8.66. The lowest BCUT2D eigenvalue weighted by Crippen LogP contribution is -2.36. The van der Waals surface area contributed by atoms with Crippen LogP contribution in [0.25, 0.3) is 0 Å². The van der Waals surface area contributed by atoms with Crippen LogP contribution >= 0.6 is 0 Å². The van der Waals surface area contributed by atoms with Crippen LogP contribution in [0.5, 0.6) is 0 Å². The number of hydrogen-bond donors (Lipinski definition) is 3. The van der Waals surface area contributed by atoms with Crippen molar-refractivity contribution in [3.63, 3.8) is 0 Å². The summed E-state index contributed by atoms with van der Waals surface area (Å²) in [7, 11) is 0. The minimum absolute atomic E-state index is 0.109. The van der Waals surface area contributed by atoms with Gasteiger partial charge in [0.15, 0.2) is 0 Å². The third-order valence-electron chi connectivity index (χ3n) is 2.74. The van der Waals surface area contributed by atoms with Crippen molar-refractivity contribution < 1.29 is 19.2 Å². The van der Waals surface area contributed by atoms with Crippen LogP contribution in [0.2, 0.25) is 0 Å². The van der Waals surface area contributed by atoms with Crippen LogP contribution in [0, 0.1) is 12.3 Å². The highest BCUT2D eigenvalue weighted by Gasteiger charge is 2.25. The second-order valence-electron chi connectivity index (χ2n) is 5.50. The number of hydroxylamine groups is 1. The maximum Gasteiger partial charge on any atom is 0.278 e. The van der Waals surface area contributed by atoms with Gasteiger partial charge in [0.05, 0.1) is 11.6 Å². The molecule has 0 fully saturated rings. The van der Waals surface area contributed by atoms with Crippen LogP contribution in [-0.4, -0.2) is 17.0 Å². The Labute approximate surface area is 112 Å². The Bertz CT molecular complexity index is 485. The molecular formula is C13H20N2O4. The topological polar surface area (TPSA) is 91.6 Å². The molecule has 1 atom stereocenters. The zero-order chi connectivity index (χ0) is 14.8. The molecule has 6 heteroatoms. The number of carbonyl (C=O) groups is 2. The molecular weight excluding hydrogens is 248 g/mol. The van der Waals surface area contributed by atoms with Crippen LogP contribution in [0.1, 0.15) is 55.6 Å². The van der Waals surface area contributed by atoms with Crippen molar-refractivity contribution in [3.8, 4) is 0 Å². The van der Waals surface area contributed by atoms with Crippen molar-refractivity contribution in [2.75, 3.05) is 0 Å². The Morgan fingerprint density at radius 1 is 1.37 bits per heavy atom. The van der Waals surface area contributed by atoms with Gasteiger partial charge >= 0.3 is 0 Å². The average Bonchev–Trinajstić information content (AvgIpc) is 2.69. The van der Waals surface area contributed by atoms with Crippen LogP contribution in [0.3, 0.4) is 0 Å². The number of carbonyl (C=O) groups excluding carboxylic acids is 2. The Kier molecular flexibility index (Phi) is 4.36. The summed E-state index contributed by atoms with van der Waals surface area (Å²) in [4.78, 5) is 23.2. The number of furan rings is 1. The second kappa shape index (κ2) is 5.44. The quantitative estimate of drug-likeness (QED) is 0.577. The van der Waals surface area contributed by atoms with E-state index in [1.807, 2.05) is 20.8 Å². The fourth-order valence-electron chi connectivity index (χ4n) is 1.49. The van der Waals surface area contributed by atoms with Crippen molar-refractivity contribution >= 4 is 11.8 Å². The lowest BCUT2D eigenvalue weighted by atomic mass is 9.95. The maximum absolute atomic E-state index is 11.9. The summed E-state index contributed by atoms with van der Waals surface area (Å²) < 4.78 is 5.43. The first-order valence-corrected chi connectivity index (χ1v) is 6.02. The van der Waals surface area contributed by atoms with Gasteiger partial charge in [-0.3, -0.25) is 14.8 Å². The molecule has 1 unspecified atom stereocenters. The Hall–Kier alpha value is -1.82. The molecule has 0 aliphatic rings. The molecule has 1 heterocycles. The minimum atomic E-state index is -0.637. The van der Waals surface area contributed by atoms with Gasteiger partial charge in [-0.05, 0) is 19.9 Å². The van der Waals surface area contributed by atoms with Crippen LogP contribution < -0.4 is 10.8 Å². The van der Waals surface area contributed by atoms with Crippen LogP contribution in [-0.2, 0) is 4.79 Å². The second-order valence-corrected chi connectivity index (χ2v) is 5.50. The summed E-state index contributed by atoms with van der Waals surface area (Å²) >= 11 is 0. The number of amides is 2. The molecule has 0 saturated heterocycles. The molecule has 1 aromatic rings. The number of aryl methyl sites for hydroxylation is 1. The van der Waals surface area contributed by atoms with E-state index in [1.165, 1.54) is 6.07 Å². The van der Waals surface area contributed by atoms with Gasteiger partial charge in [-0.2, -0.15) is 0 Å². The molecule has 0 aliphatic carbocycles. The van der Waals surface area contributed by atoms with Crippen LogP contribution in [0.15, 0.2) is 10.5 Å². The SMILES string of the molecule is Cc1oc(C(C)NC(=O)C(C)(C)C)cc1C(=O)NO. The first-order valence-electron chi connectivity index (χ1n) is 6.02. The van der Waals surface area contributed by atoms with Crippen molar-refractivity contribution in [3.05, 3.63) is 23.2 Å². The molecule has 1 aromatic heterocycles. The Balaban J connectivity index is 2.87. The molecule has 106 valence electrons. The fourth-order valence-corrected chi connectivity index (χ4v) is 1.49. The monoisotopic (exact) mass is 268 g/mol. The Morgan fingerprint density at radius 2 is 1.95 bits per heavy atom. The van der Waals surface area contributed by atoms with Gasteiger partial charge in [-0.1, -0.05) is 20.8 Å². The van der Waals surface area contributed by atoms with E-state index in [4.69, 9.17) is 9.62 Å². The molecule has 0 bridgehead atoms. The Morgan fingerprint density at radius 3 is 2.42 bits per heavy atom. The van der Waals surface area contributed by atoms with E-state index in [0.29, 0.717) is 11.5 Å². The molecule has 0 spiro atoms. The molecule has 19 heavy (non-hydrogen) atoms. The zero-order valence-electron chi connectivity index (χ0n) is 11.8. The van der Waals surface area contributed by atoms with Crippen molar-refractivity contribution in [1.82, 2.24) is 10.8 Å². The molecule has 0 aromatic carbocycles. The normalized spacial score (nSPS) is 12.9. The summed E-state index contributed by atoms with van der Waals surface area (Å²) in [5.74, 6) is 0.108. The van der Waals surface area contributed by atoms with E-state index in [0.717, 1.165) is 0 Å². The van der Waals surface area contributed by atoms with Gasteiger partial charge in [-0.25, -0.2) is 5.48 Å². The van der Waals surface area contributed by atoms with Gasteiger partial charge in [0.25, 0.3) is 5.91 Å². The highest BCUT2D eigenvalue weighted by atomic mass is 16.5. The van der Waals surface area contributed by atoms with E-state index in [-0.39, 0.29) is 17.5 Å². The summed E-state index contributed by atoms with van der Waals surface area (Å²) in [6, 6.07) is 1.15. The smallest absolute Gasteiger partial charge is 0.278 e. The lowest BCUT2D eigenvalue weighted by molar-refractivity contribution is -0.129. The van der Waals surface area contributed by atoms with E-state index >= 15 is 0 Å². The summed E-state index contributed by atoms with van der Waals surface area (Å²) in [6.07, 6.45) is 0. The number of nitrogens with one attached hydrogen (secondary N) is 2. The highest BCUT2D eigenvalue weighted by molar-refractivity contribution is 5.94. The standard InChI is InChI=1S/C13H20N2O4/c1-7(14-12(17)13(3,4)5)10-6-9(8(2)19-10)11(16)15-18/h6-7,18H,1-5H3,(H,14,17)(H,15,16).